The molecule has 1 aromatic rings. The minimum Gasteiger partial charge on any atom is -0.505 e. The average Bonchev–Trinajstić information content (AvgIpc) is 2.22. The van der Waals surface area contributed by atoms with Crippen LogP contribution in [-0.4, -0.2) is 22.5 Å². The summed E-state index contributed by atoms with van der Waals surface area (Å²) in [6.07, 6.45) is 0.521. The van der Waals surface area contributed by atoms with Crippen LogP contribution in [0.25, 0.3) is 0 Å². The van der Waals surface area contributed by atoms with Crippen LogP contribution >= 0.6 is 15.9 Å². The lowest BCUT2D eigenvalue weighted by molar-refractivity contribution is -0.118. The van der Waals surface area contributed by atoms with Crippen LogP contribution in [-0.2, 0) is 4.79 Å². The largest absolute Gasteiger partial charge is 0.505 e. The topological polar surface area (TPSA) is 62.2 Å². The Balaban J connectivity index is 2.56. The number of carbonyl (C=O) groups is 1. The Hall–Kier alpha value is -1.54. The predicted octanol–water partition coefficient (Wildman–Crippen LogP) is 1.43. The van der Waals surface area contributed by atoms with E-state index in [9.17, 15) is 9.90 Å². The maximum Gasteiger partial charge on any atom is 0.216 e. The summed E-state index contributed by atoms with van der Waals surface area (Å²) in [7, 11) is 0. The van der Waals surface area contributed by atoms with Gasteiger partial charge >= 0.3 is 0 Å². The van der Waals surface area contributed by atoms with Crippen molar-refractivity contribution in [2.24, 2.45) is 0 Å². The van der Waals surface area contributed by atoms with Gasteiger partial charge in [-0.15, -0.1) is 0 Å². The number of carbonyl (C=O) groups excluding carboxylic acids is 1. The van der Waals surface area contributed by atoms with Crippen molar-refractivity contribution in [3.8, 4) is 17.6 Å². The summed E-state index contributed by atoms with van der Waals surface area (Å²) in [6, 6.07) is 3.16. The SMILES string of the molecule is CC(=O)NCCC#Cc1nc(Br)ccc1O. The fraction of sp³-hybridized carbons (Fsp3) is 0.273. The molecule has 0 aliphatic rings. The van der Waals surface area contributed by atoms with Gasteiger partial charge in [0.05, 0.1) is 0 Å². The van der Waals surface area contributed by atoms with Crippen LogP contribution in [0.4, 0.5) is 0 Å². The first-order chi connectivity index (χ1) is 7.59. The molecule has 1 rings (SSSR count). The van der Waals surface area contributed by atoms with Crippen molar-refractivity contribution in [3.63, 3.8) is 0 Å². The van der Waals surface area contributed by atoms with E-state index in [1.54, 1.807) is 6.07 Å². The molecule has 0 aliphatic heterocycles. The maximum atomic E-state index is 10.6. The average molecular weight is 283 g/mol. The molecule has 4 nitrogen and oxygen atoms in total. The van der Waals surface area contributed by atoms with Gasteiger partial charge in [0.1, 0.15) is 10.4 Å². The number of hydrogen-bond acceptors (Lipinski definition) is 3. The molecule has 0 aromatic carbocycles. The fourth-order valence-electron chi connectivity index (χ4n) is 0.967. The van der Waals surface area contributed by atoms with Crippen LogP contribution < -0.4 is 5.32 Å². The predicted molar refractivity (Wildman–Crippen MR) is 63.8 cm³/mol. The van der Waals surface area contributed by atoms with Gasteiger partial charge in [-0.05, 0) is 34.0 Å². The Morgan fingerprint density at radius 1 is 1.62 bits per heavy atom. The molecule has 0 unspecified atom stereocenters. The quantitative estimate of drug-likeness (QED) is 0.490. The Morgan fingerprint density at radius 2 is 2.38 bits per heavy atom. The monoisotopic (exact) mass is 282 g/mol. The second-order valence-corrected chi connectivity index (χ2v) is 3.85. The van der Waals surface area contributed by atoms with Crippen molar-refractivity contribution < 1.29 is 9.90 Å². The van der Waals surface area contributed by atoms with Crippen LogP contribution in [0.5, 0.6) is 5.75 Å². The lowest BCUT2D eigenvalue weighted by atomic mass is 10.3. The van der Waals surface area contributed by atoms with Crippen molar-refractivity contribution >= 4 is 21.8 Å². The lowest BCUT2D eigenvalue weighted by Gasteiger charge is -1.96. The van der Waals surface area contributed by atoms with Crippen molar-refractivity contribution in [1.29, 1.82) is 0 Å². The van der Waals surface area contributed by atoms with Gasteiger partial charge in [-0.3, -0.25) is 4.79 Å². The molecule has 16 heavy (non-hydrogen) atoms. The van der Waals surface area contributed by atoms with E-state index in [1.807, 2.05) is 0 Å². The van der Waals surface area contributed by atoms with Crippen molar-refractivity contribution in [3.05, 3.63) is 22.4 Å². The summed E-state index contributed by atoms with van der Waals surface area (Å²) in [5.74, 6) is 5.52. The van der Waals surface area contributed by atoms with Crippen LogP contribution in [0.2, 0.25) is 0 Å². The Labute approximate surface area is 102 Å². The number of rotatable bonds is 2. The molecule has 0 fully saturated rings. The minimum absolute atomic E-state index is 0.0511. The van der Waals surface area contributed by atoms with Crippen LogP contribution in [0, 0.1) is 11.8 Å². The van der Waals surface area contributed by atoms with E-state index in [-0.39, 0.29) is 11.7 Å². The van der Waals surface area contributed by atoms with E-state index in [2.05, 4.69) is 38.1 Å². The number of nitrogens with one attached hydrogen (secondary N) is 1. The molecule has 1 aromatic heterocycles. The highest BCUT2D eigenvalue weighted by atomic mass is 79.9. The van der Waals surface area contributed by atoms with Crippen molar-refractivity contribution in [2.75, 3.05) is 6.54 Å². The molecule has 1 amide bonds. The molecule has 0 saturated carbocycles. The molecule has 2 N–H and O–H groups in total. The van der Waals surface area contributed by atoms with E-state index >= 15 is 0 Å². The highest BCUT2D eigenvalue weighted by molar-refractivity contribution is 9.10. The molecule has 0 spiro atoms. The van der Waals surface area contributed by atoms with Crippen LogP contribution in [0.15, 0.2) is 16.7 Å². The molecular weight excluding hydrogens is 272 g/mol. The van der Waals surface area contributed by atoms with Gasteiger partial charge < -0.3 is 10.4 Å². The first-order valence-corrected chi connectivity index (χ1v) is 5.47. The molecule has 0 aliphatic carbocycles. The second-order valence-electron chi connectivity index (χ2n) is 3.04. The summed E-state index contributed by atoms with van der Waals surface area (Å²) in [5.41, 5.74) is 0.331. The van der Waals surface area contributed by atoms with E-state index < -0.39 is 0 Å². The Morgan fingerprint density at radius 3 is 3.06 bits per heavy atom. The number of aromatic hydroxyl groups is 1. The van der Waals surface area contributed by atoms with Crippen LogP contribution in [0.3, 0.4) is 0 Å². The standard InChI is InChI=1S/C11H11BrN2O2/c1-8(15)13-7-3-2-4-9-10(16)5-6-11(12)14-9/h5-6,16H,3,7H2,1H3,(H,13,15). The summed E-state index contributed by atoms with van der Waals surface area (Å²) in [4.78, 5) is 14.6. The zero-order valence-corrected chi connectivity index (χ0v) is 10.3. The number of amides is 1. The fourth-order valence-corrected chi connectivity index (χ4v) is 1.28. The minimum atomic E-state index is -0.0785. The molecule has 0 bridgehead atoms. The number of halogens is 1. The number of nitrogens with zero attached hydrogens (tertiary/aromatic N) is 1. The van der Waals surface area contributed by atoms with Gasteiger partial charge in [0.25, 0.3) is 0 Å². The maximum absolute atomic E-state index is 10.6. The van der Waals surface area contributed by atoms with Crippen molar-refractivity contribution in [1.82, 2.24) is 10.3 Å². The summed E-state index contributed by atoms with van der Waals surface area (Å²) < 4.78 is 0.622. The van der Waals surface area contributed by atoms with Gasteiger partial charge in [0.15, 0.2) is 5.69 Å². The lowest BCUT2D eigenvalue weighted by Crippen LogP contribution is -2.20. The van der Waals surface area contributed by atoms with Crippen LogP contribution in [0.1, 0.15) is 19.0 Å². The first-order valence-electron chi connectivity index (χ1n) is 4.68. The van der Waals surface area contributed by atoms with Gasteiger partial charge in [0, 0.05) is 19.9 Å². The van der Waals surface area contributed by atoms with Gasteiger partial charge in [-0.2, -0.15) is 0 Å². The normalized spacial score (nSPS) is 9.12. The first kappa shape index (κ1) is 12.5. The number of aromatic nitrogens is 1. The molecule has 84 valence electrons. The van der Waals surface area contributed by atoms with Gasteiger partial charge in [-0.1, -0.05) is 5.92 Å². The number of hydrogen-bond donors (Lipinski definition) is 2. The zero-order valence-electron chi connectivity index (χ0n) is 8.75. The van der Waals surface area contributed by atoms with Crippen molar-refractivity contribution in [2.45, 2.75) is 13.3 Å². The molecule has 0 saturated heterocycles. The molecular formula is C11H11BrN2O2. The van der Waals surface area contributed by atoms with Gasteiger partial charge in [-0.25, -0.2) is 4.98 Å². The molecule has 1 heterocycles. The van der Waals surface area contributed by atoms with E-state index in [0.29, 0.717) is 23.3 Å². The van der Waals surface area contributed by atoms with E-state index in [1.165, 1.54) is 13.0 Å². The Kier molecular flexibility index (Phi) is 4.80. The summed E-state index contributed by atoms with van der Waals surface area (Å²) in [6.45, 7) is 1.95. The van der Waals surface area contributed by atoms with E-state index in [0.717, 1.165) is 0 Å². The third-order valence-corrected chi connectivity index (χ3v) is 2.11. The highest BCUT2D eigenvalue weighted by Gasteiger charge is 1.99. The smallest absolute Gasteiger partial charge is 0.216 e. The summed E-state index contributed by atoms with van der Waals surface area (Å²) in [5, 5.41) is 12.0. The van der Waals surface area contributed by atoms with E-state index in [4.69, 9.17) is 0 Å². The van der Waals surface area contributed by atoms with Gasteiger partial charge in [0.2, 0.25) is 5.91 Å². The molecule has 0 atom stereocenters. The number of pyridine rings is 1. The Bertz CT molecular complexity index is 449. The zero-order chi connectivity index (χ0) is 12.0. The summed E-state index contributed by atoms with van der Waals surface area (Å²) >= 11 is 3.19. The molecule has 5 heteroatoms. The second kappa shape index (κ2) is 6.13. The highest BCUT2D eigenvalue weighted by Crippen LogP contribution is 2.16. The molecule has 0 radical (unpaired) electrons. The third-order valence-electron chi connectivity index (χ3n) is 1.67. The third kappa shape index (κ3) is 4.32.